The Morgan fingerprint density at radius 2 is 2.12 bits per heavy atom. The predicted molar refractivity (Wildman–Crippen MR) is 95.7 cm³/mol. The summed E-state index contributed by atoms with van der Waals surface area (Å²) in [6, 6.07) is 13.1. The largest absolute Gasteiger partial charge is 0.504 e. The molecule has 1 aliphatic heterocycles. The van der Waals surface area contributed by atoms with Crippen LogP contribution in [0.3, 0.4) is 0 Å². The molecule has 2 aromatic rings. The van der Waals surface area contributed by atoms with Crippen LogP contribution in [0.4, 0.5) is 0 Å². The Morgan fingerprint density at radius 3 is 2.96 bits per heavy atom. The second-order valence-corrected chi connectivity index (χ2v) is 6.05. The molecule has 2 aliphatic rings. The Bertz CT molecular complexity index is 915. The first-order valence-corrected chi connectivity index (χ1v) is 8.29. The van der Waals surface area contributed by atoms with Gasteiger partial charge >= 0.3 is 0 Å². The number of ether oxygens (including phenoxy) is 1. The fraction of sp³-hybridized carbons (Fsp3) is 0.200. The highest BCUT2D eigenvalue weighted by molar-refractivity contribution is 6.27. The van der Waals surface area contributed by atoms with Gasteiger partial charge in [-0.15, -0.1) is 0 Å². The zero-order chi connectivity index (χ0) is 17.4. The van der Waals surface area contributed by atoms with Gasteiger partial charge in [0.2, 0.25) is 0 Å². The van der Waals surface area contributed by atoms with Gasteiger partial charge in [0, 0.05) is 12.0 Å². The van der Waals surface area contributed by atoms with Gasteiger partial charge in [-0.2, -0.15) is 0 Å². The van der Waals surface area contributed by atoms with Crippen molar-refractivity contribution in [3.8, 4) is 11.5 Å². The van der Waals surface area contributed by atoms with Crippen LogP contribution in [-0.4, -0.2) is 23.3 Å². The van der Waals surface area contributed by atoms with Crippen molar-refractivity contribution in [2.45, 2.75) is 19.5 Å². The lowest BCUT2D eigenvalue weighted by Gasteiger charge is -2.27. The third-order valence-corrected chi connectivity index (χ3v) is 4.42. The fourth-order valence-corrected chi connectivity index (χ4v) is 3.18. The van der Waals surface area contributed by atoms with E-state index in [1.807, 2.05) is 31.2 Å². The lowest BCUT2D eigenvalue weighted by Crippen LogP contribution is -2.38. The zero-order valence-electron chi connectivity index (χ0n) is 13.8. The summed E-state index contributed by atoms with van der Waals surface area (Å²) in [7, 11) is 0. The third-order valence-electron chi connectivity index (χ3n) is 4.42. The molecule has 1 amide bonds. The van der Waals surface area contributed by atoms with E-state index >= 15 is 0 Å². The van der Waals surface area contributed by atoms with Gasteiger partial charge in [0.05, 0.1) is 17.9 Å². The second kappa shape index (κ2) is 6.09. The molecule has 0 spiro atoms. The van der Waals surface area contributed by atoms with Crippen molar-refractivity contribution >= 4 is 17.7 Å². The van der Waals surface area contributed by atoms with E-state index in [0.29, 0.717) is 24.4 Å². The van der Waals surface area contributed by atoms with Crippen LogP contribution in [0.15, 0.2) is 53.0 Å². The molecular weight excluding hydrogens is 316 g/mol. The van der Waals surface area contributed by atoms with Crippen LogP contribution in [-0.2, 0) is 11.2 Å². The van der Waals surface area contributed by atoms with Gasteiger partial charge in [0.15, 0.2) is 11.5 Å². The molecule has 0 saturated carbocycles. The molecule has 2 N–H and O–H groups in total. The third kappa shape index (κ3) is 2.78. The second-order valence-electron chi connectivity index (χ2n) is 6.05. The first-order chi connectivity index (χ1) is 12.2. The quantitative estimate of drug-likeness (QED) is 0.906. The Balaban J connectivity index is 1.72. The lowest BCUT2D eigenvalue weighted by molar-refractivity contribution is -0.117. The van der Waals surface area contributed by atoms with Crippen molar-refractivity contribution in [3.05, 3.63) is 64.7 Å². The highest BCUT2D eigenvalue weighted by atomic mass is 16.5. The van der Waals surface area contributed by atoms with Gasteiger partial charge in [-0.05, 0) is 36.3 Å². The Morgan fingerprint density at radius 1 is 1.28 bits per heavy atom. The Hall–Kier alpha value is -3.08. The molecule has 5 heteroatoms. The van der Waals surface area contributed by atoms with Crippen molar-refractivity contribution in [2.24, 2.45) is 4.99 Å². The van der Waals surface area contributed by atoms with Crippen LogP contribution in [0.1, 0.15) is 29.8 Å². The minimum atomic E-state index is -0.482. The van der Waals surface area contributed by atoms with E-state index < -0.39 is 6.17 Å². The number of rotatable bonds is 3. The molecule has 1 atom stereocenters. The average molecular weight is 334 g/mol. The summed E-state index contributed by atoms with van der Waals surface area (Å²) < 4.78 is 5.43. The summed E-state index contributed by atoms with van der Waals surface area (Å²) in [5, 5.41) is 12.8. The maximum absolute atomic E-state index is 12.6. The molecule has 0 saturated heterocycles. The number of carbonyl (C=O) groups is 1. The molecule has 0 unspecified atom stereocenters. The van der Waals surface area contributed by atoms with Crippen LogP contribution >= 0.6 is 0 Å². The van der Waals surface area contributed by atoms with E-state index in [2.05, 4.69) is 11.4 Å². The minimum Gasteiger partial charge on any atom is -0.504 e. The molecule has 0 bridgehead atoms. The van der Waals surface area contributed by atoms with Crippen molar-refractivity contribution < 1.29 is 14.6 Å². The minimum absolute atomic E-state index is 0.0765. The van der Waals surface area contributed by atoms with Gasteiger partial charge in [0.1, 0.15) is 6.17 Å². The number of fused-ring (bicyclic) bond motifs is 2. The molecule has 0 aromatic heterocycles. The number of aliphatic imine (C=N–C) groups is 1. The molecule has 4 rings (SSSR count). The van der Waals surface area contributed by atoms with Crippen LogP contribution in [0.5, 0.6) is 11.5 Å². The van der Waals surface area contributed by atoms with Crippen molar-refractivity contribution in [1.29, 1.82) is 0 Å². The molecule has 5 nitrogen and oxygen atoms in total. The van der Waals surface area contributed by atoms with Crippen molar-refractivity contribution in [3.63, 3.8) is 0 Å². The van der Waals surface area contributed by atoms with Crippen LogP contribution in [0.25, 0.3) is 6.08 Å². The van der Waals surface area contributed by atoms with Crippen LogP contribution < -0.4 is 10.1 Å². The molecule has 126 valence electrons. The number of aromatic hydroxyl groups is 1. The monoisotopic (exact) mass is 334 g/mol. The number of phenolic OH excluding ortho intramolecular Hbond substituents is 1. The molecule has 1 heterocycles. The van der Waals surface area contributed by atoms with E-state index in [4.69, 9.17) is 9.73 Å². The highest BCUT2D eigenvalue weighted by Crippen LogP contribution is 2.33. The van der Waals surface area contributed by atoms with Gasteiger partial charge < -0.3 is 15.2 Å². The van der Waals surface area contributed by atoms with E-state index in [-0.39, 0.29) is 11.7 Å². The van der Waals surface area contributed by atoms with E-state index in [9.17, 15) is 9.90 Å². The van der Waals surface area contributed by atoms with Crippen molar-refractivity contribution in [2.75, 3.05) is 6.61 Å². The fourth-order valence-electron chi connectivity index (χ4n) is 3.18. The first kappa shape index (κ1) is 15.4. The number of phenols is 1. The van der Waals surface area contributed by atoms with Gasteiger partial charge in [-0.1, -0.05) is 30.3 Å². The molecule has 25 heavy (non-hydrogen) atoms. The maximum Gasteiger partial charge on any atom is 0.255 e. The summed E-state index contributed by atoms with van der Waals surface area (Å²) in [5.74, 6) is 0.341. The molecule has 0 fully saturated rings. The van der Waals surface area contributed by atoms with Gasteiger partial charge in [0.25, 0.3) is 5.91 Å². The number of benzene rings is 2. The number of nitrogens with one attached hydrogen (secondary N) is 1. The van der Waals surface area contributed by atoms with E-state index in [0.717, 1.165) is 16.8 Å². The molecule has 2 aromatic carbocycles. The normalized spacial score (nSPS) is 18.4. The van der Waals surface area contributed by atoms with Crippen molar-refractivity contribution in [1.82, 2.24) is 5.32 Å². The number of hydrogen-bond acceptors (Lipinski definition) is 4. The number of nitrogens with zero attached hydrogens (tertiary/aromatic N) is 1. The predicted octanol–water partition coefficient (Wildman–Crippen LogP) is 3.00. The van der Waals surface area contributed by atoms with E-state index in [1.54, 1.807) is 18.2 Å². The molecule has 1 aliphatic carbocycles. The van der Waals surface area contributed by atoms with E-state index in [1.165, 1.54) is 5.56 Å². The zero-order valence-corrected chi connectivity index (χ0v) is 13.8. The van der Waals surface area contributed by atoms with Gasteiger partial charge in [-0.25, -0.2) is 0 Å². The number of hydrogen-bond donors (Lipinski definition) is 2. The van der Waals surface area contributed by atoms with Gasteiger partial charge in [-0.3, -0.25) is 9.79 Å². The summed E-state index contributed by atoms with van der Waals surface area (Å²) >= 11 is 0. The molecular formula is C20H18N2O3. The molecule has 0 radical (unpaired) electrons. The Labute approximate surface area is 145 Å². The SMILES string of the molecule is CCOc1cc([C@H]2N=C3Cc4ccccc4C=C3C(=O)N2)ccc1O. The summed E-state index contributed by atoms with van der Waals surface area (Å²) in [5.41, 5.74) is 4.42. The smallest absolute Gasteiger partial charge is 0.255 e. The summed E-state index contributed by atoms with van der Waals surface area (Å²) in [6.07, 6.45) is 2.05. The first-order valence-electron chi connectivity index (χ1n) is 8.29. The lowest BCUT2D eigenvalue weighted by atomic mass is 9.89. The standard InChI is InChI=1S/C20H18N2O3/c1-2-25-18-11-14(7-8-17(18)23)19-21-16-10-13-6-4-3-5-12(13)9-15(16)20(24)22-19/h3-9,11,19,23H,2,10H2,1H3,(H,22,24)/t19-/m0/s1. The summed E-state index contributed by atoms with van der Waals surface area (Å²) in [4.78, 5) is 17.3. The number of carbonyl (C=O) groups excluding carboxylic acids is 1. The topological polar surface area (TPSA) is 70.9 Å². The summed E-state index contributed by atoms with van der Waals surface area (Å²) in [6.45, 7) is 2.30. The highest BCUT2D eigenvalue weighted by Gasteiger charge is 2.29. The van der Waals surface area contributed by atoms with Crippen LogP contribution in [0.2, 0.25) is 0 Å². The average Bonchev–Trinajstić information content (AvgIpc) is 2.62. The number of amides is 1. The maximum atomic E-state index is 12.6. The Kier molecular flexibility index (Phi) is 3.76. The van der Waals surface area contributed by atoms with Crippen LogP contribution in [0, 0.1) is 0 Å².